The van der Waals surface area contributed by atoms with E-state index in [1.54, 1.807) is 7.05 Å². The highest BCUT2D eigenvalue weighted by atomic mass is 127. The number of halogens is 1. The smallest absolute Gasteiger partial charge is 0.246 e. The summed E-state index contributed by atoms with van der Waals surface area (Å²) in [4.78, 5) is 8.36. The molecule has 1 aromatic heterocycles. The van der Waals surface area contributed by atoms with Crippen LogP contribution < -0.4 is 10.6 Å². The molecule has 0 fully saturated rings. The van der Waals surface area contributed by atoms with Crippen molar-refractivity contribution in [3.05, 3.63) is 11.7 Å². The highest BCUT2D eigenvalue weighted by molar-refractivity contribution is 14.0. The van der Waals surface area contributed by atoms with Crippen molar-refractivity contribution in [1.82, 2.24) is 20.8 Å². The molecule has 8 heteroatoms. The Hall–Kier alpha value is -0.900. The Balaban J connectivity index is 0.00000361. The summed E-state index contributed by atoms with van der Waals surface area (Å²) < 4.78 is 10.5. The lowest BCUT2D eigenvalue weighted by molar-refractivity contribution is 0.0683. The molecule has 0 spiro atoms. The van der Waals surface area contributed by atoms with Gasteiger partial charge in [-0.15, -0.1) is 24.0 Å². The van der Waals surface area contributed by atoms with E-state index < -0.39 is 0 Å². The number of nitrogens with one attached hydrogen (secondary N) is 2. The molecule has 7 nitrogen and oxygen atoms in total. The molecule has 116 valence electrons. The Morgan fingerprint density at radius 3 is 2.75 bits per heavy atom. The fourth-order valence-electron chi connectivity index (χ4n) is 1.45. The second-order valence-corrected chi connectivity index (χ2v) is 4.00. The van der Waals surface area contributed by atoms with Crippen LogP contribution in [0.2, 0.25) is 0 Å². The van der Waals surface area contributed by atoms with Gasteiger partial charge >= 0.3 is 0 Å². The van der Waals surface area contributed by atoms with Crippen LogP contribution in [0.4, 0.5) is 0 Å². The number of hydrogen-bond acceptors (Lipinski definition) is 5. The Morgan fingerprint density at radius 1 is 1.40 bits per heavy atom. The van der Waals surface area contributed by atoms with Crippen molar-refractivity contribution in [2.45, 2.75) is 39.8 Å². The van der Waals surface area contributed by atoms with Crippen LogP contribution in [0.3, 0.4) is 0 Å². The Kier molecular flexibility index (Phi) is 10.3. The molecule has 0 aliphatic heterocycles. The Bertz CT molecular complexity index is 397. The van der Waals surface area contributed by atoms with E-state index in [0.29, 0.717) is 24.9 Å². The third-order valence-electron chi connectivity index (χ3n) is 2.44. The average molecular weight is 397 g/mol. The van der Waals surface area contributed by atoms with E-state index in [2.05, 4.69) is 32.7 Å². The lowest BCUT2D eigenvalue weighted by Gasteiger charge is -2.08. The monoisotopic (exact) mass is 397 g/mol. The van der Waals surface area contributed by atoms with Crippen molar-refractivity contribution in [3.8, 4) is 0 Å². The maximum atomic E-state index is 5.40. The van der Waals surface area contributed by atoms with Gasteiger partial charge in [0.2, 0.25) is 5.89 Å². The summed E-state index contributed by atoms with van der Waals surface area (Å²) in [5.41, 5.74) is 0. The van der Waals surface area contributed by atoms with Gasteiger partial charge in [-0.05, 0) is 20.3 Å². The number of rotatable bonds is 7. The second kappa shape index (κ2) is 10.8. The van der Waals surface area contributed by atoms with Crippen molar-refractivity contribution in [3.63, 3.8) is 0 Å². The van der Waals surface area contributed by atoms with E-state index in [0.717, 1.165) is 18.9 Å². The van der Waals surface area contributed by atoms with Crippen LogP contribution in [0.15, 0.2) is 9.52 Å². The van der Waals surface area contributed by atoms with Crippen LogP contribution in [0.1, 0.15) is 45.0 Å². The summed E-state index contributed by atoms with van der Waals surface area (Å²) in [7, 11) is 1.72. The van der Waals surface area contributed by atoms with E-state index in [4.69, 9.17) is 9.26 Å². The number of aromatic nitrogens is 2. The molecule has 0 aromatic carbocycles. The van der Waals surface area contributed by atoms with Gasteiger partial charge in [0.15, 0.2) is 11.8 Å². The summed E-state index contributed by atoms with van der Waals surface area (Å²) in [5, 5.41) is 10.2. The van der Waals surface area contributed by atoms with Crippen LogP contribution in [0.5, 0.6) is 0 Å². The predicted octanol–water partition coefficient (Wildman–Crippen LogP) is 1.86. The first-order chi connectivity index (χ1) is 9.21. The van der Waals surface area contributed by atoms with Gasteiger partial charge in [-0.25, -0.2) is 0 Å². The van der Waals surface area contributed by atoms with Crippen molar-refractivity contribution >= 4 is 29.9 Å². The third-order valence-corrected chi connectivity index (χ3v) is 2.44. The van der Waals surface area contributed by atoms with E-state index >= 15 is 0 Å². The van der Waals surface area contributed by atoms with E-state index in [9.17, 15) is 0 Å². The number of aliphatic imine (C=N–C) groups is 1. The number of hydrogen-bond donors (Lipinski definition) is 2. The fourth-order valence-corrected chi connectivity index (χ4v) is 1.45. The first-order valence-electron chi connectivity index (χ1n) is 6.59. The van der Waals surface area contributed by atoms with Gasteiger partial charge in [0.1, 0.15) is 6.10 Å². The average Bonchev–Trinajstić information content (AvgIpc) is 2.88. The van der Waals surface area contributed by atoms with Gasteiger partial charge in [0.25, 0.3) is 0 Å². The van der Waals surface area contributed by atoms with Gasteiger partial charge < -0.3 is 19.9 Å². The lowest BCUT2D eigenvalue weighted by Crippen LogP contribution is -2.37. The molecule has 1 atom stereocenters. The first kappa shape index (κ1) is 19.1. The molecule has 0 saturated carbocycles. The quantitative estimate of drug-likeness (QED) is 0.415. The summed E-state index contributed by atoms with van der Waals surface area (Å²) >= 11 is 0. The topological polar surface area (TPSA) is 84.6 Å². The standard InChI is InChI=1S/C12H23N5O2.HI/c1-5-7-14-12(13-4)15-8-10-16-11(17-19-10)9(3)18-6-2;/h9H,5-8H2,1-4H3,(H2,13,14,15);1H. The third kappa shape index (κ3) is 6.51. The normalized spacial score (nSPS) is 12.7. The van der Waals surface area contributed by atoms with Crippen LogP contribution in [0.25, 0.3) is 0 Å². The molecule has 1 heterocycles. The molecule has 0 saturated heterocycles. The molecule has 0 aliphatic rings. The number of guanidine groups is 1. The van der Waals surface area contributed by atoms with Crippen molar-refractivity contribution in [2.75, 3.05) is 20.2 Å². The minimum Gasteiger partial charge on any atom is -0.371 e. The molecular formula is C12H24IN5O2. The van der Waals surface area contributed by atoms with Crippen LogP contribution >= 0.6 is 24.0 Å². The lowest BCUT2D eigenvalue weighted by atomic mass is 10.4. The Morgan fingerprint density at radius 2 is 2.15 bits per heavy atom. The number of nitrogens with zero attached hydrogens (tertiary/aromatic N) is 3. The predicted molar refractivity (Wildman–Crippen MR) is 88.2 cm³/mol. The minimum atomic E-state index is -0.153. The zero-order chi connectivity index (χ0) is 14.1. The molecule has 0 aliphatic carbocycles. The van der Waals surface area contributed by atoms with Gasteiger partial charge in [-0.1, -0.05) is 12.1 Å². The summed E-state index contributed by atoms with van der Waals surface area (Å²) in [5.74, 6) is 1.80. The van der Waals surface area contributed by atoms with E-state index in [-0.39, 0.29) is 30.1 Å². The fraction of sp³-hybridized carbons (Fsp3) is 0.750. The summed E-state index contributed by atoms with van der Waals surface area (Å²) in [6, 6.07) is 0. The van der Waals surface area contributed by atoms with Crippen LogP contribution in [0, 0.1) is 0 Å². The molecule has 0 amide bonds. The van der Waals surface area contributed by atoms with E-state index in [1.165, 1.54) is 0 Å². The van der Waals surface area contributed by atoms with Gasteiger partial charge in [0, 0.05) is 20.2 Å². The molecule has 1 unspecified atom stereocenters. The number of ether oxygens (including phenoxy) is 1. The molecule has 2 N–H and O–H groups in total. The summed E-state index contributed by atoms with van der Waals surface area (Å²) in [6.07, 6.45) is 0.886. The van der Waals surface area contributed by atoms with Crippen molar-refractivity contribution < 1.29 is 9.26 Å². The zero-order valence-electron chi connectivity index (χ0n) is 12.5. The van der Waals surface area contributed by atoms with Crippen molar-refractivity contribution in [2.24, 2.45) is 4.99 Å². The van der Waals surface area contributed by atoms with Gasteiger partial charge in [-0.3, -0.25) is 4.99 Å². The largest absolute Gasteiger partial charge is 0.371 e. The van der Waals surface area contributed by atoms with Gasteiger partial charge in [0.05, 0.1) is 6.54 Å². The first-order valence-corrected chi connectivity index (χ1v) is 6.59. The highest BCUT2D eigenvalue weighted by Gasteiger charge is 2.13. The zero-order valence-corrected chi connectivity index (χ0v) is 14.8. The van der Waals surface area contributed by atoms with E-state index in [1.807, 2.05) is 13.8 Å². The minimum absolute atomic E-state index is 0. The summed E-state index contributed by atoms with van der Waals surface area (Å²) in [6.45, 7) is 7.86. The second-order valence-electron chi connectivity index (χ2n) is 4.00. The van der Waals surface area contributed by atoms with Gasteiger partial charge in [-0.2, -0.15) is 4.98 Å². The highest BCUT2D eigenvalue weighted by Crippen LogP contribution is 2.12. The van der Waals surface area contributed by atoms with Crippen LogP contribution in [-0.4, -0.2) is 36.3 Å². The maximum absolute atomic E-state index is 5.40. The molecule has 0 bridgehead atoms. The molecular weight excluding hydrogens is 373 g/mol. The molecule has 1 aromatic rings. The Labute approximate surface area is 137 Å². The van der Waals surface area contributed by atoms with Crippen molar-refractivity contribution in [1.29, 1.82) is 0 Å². The SMILES string of the molecule is CCCNC(=NC)NCc1nc(C(C)OCC)no1.I. The molecule has 1 rings (SSSR count). The van der Waals surface area contributed by atoms with Crippen LogP contribution in [-0.2, 0) is 11.3 Å². The maximum Gasteiger partial charge on any atom is 0.246 e. The molecule has 20 heavy (non-hydrogen) atoms. The molecule has 0 radical (unpaired) electrons.